The second-order valence-corrected chi connectivity index (χ2v) is 4.95. The highest BCUT2D eigenvalue weighted by atomic mass is 35.5. The van der Waals surface area contributed by atoms with Gasteiger partial charge in [-0.1, -0.05) is 12.8 Å². The van der Waals surface area contributed by atoms with Gasteiger partial charge in [-0.2, -0.15) is 13.2 Å². The molecule has 0 radical (unpaired) electrons. The smallest absolute Gasteiger partial charge is 0.371 e. The average Bonchev–Trinajstić information content (AvgIpc) is 2.71. The highest BCUT2D eigenvalue weighted by Gasteiger charge is 2.32. The number of hydrogen-bond donors (Lipinski definition) is 1. The van der Waals surface area contributed by atoms with Crippen LogP contribution in [0.25, 0.3) is 0 Å². The van der Waals surface area contributed by atoms with Crippen molar-refractivity contribution in [2.75, 3.05) is 32.2 Å². The largest absolute Gasteiger partial charge is 0.411 e. The number of alkyl halides is 4. The van der Waals surface area contributed by atoms with Crippen LogP contribution in [0, 0.1) is 5.41 Å². The third-order valence-corrected chi connectivity index (χ3v) is 3.70. The molecule has 1 aliphatic rings. The van der Waals surface area contributed by atoms with Crippen LogP contribution in [-0.2, 0) is 4.74 Å². The van der Waals surface area contributed by atoms with Gasteiger partial charge in [-0.05, 0) is 18.3 Å². The Morgan fingerprint density at radius 1 is 1.24 bits per heavy atom. The molecule has 0 aliphatic heterocycles. The van der Waals surface area contributed by atoms with Gasteiger partial charge in [0.15, 0.2) is 0 Å². The second kappa shape index (κ2) is 6.81. The van der Waals surface area contributed by atoms with Gasteiger partial charge in [0.25, 0.3) is 0 Å². The molecule has 0 unspecified atom stereocenters. The molecule has 0 aromatic rings. The minimum atomic E-state index is -4.23. The molecule has 102 valence electrons. The summed E-state index contributed by atoms with van der Waals surface area (Å²) in [6.45, 7) is 0.119. The van der Waals surface area contributed by atoms with Crippen molar-refractivity contribution < 1.29 is 17.9 Å². The molecular weight excluding hydrogens is 255 g/mol. The fourth-order valence-corrected chi connectivity index (χ4v) is 2.53. The van der Waals surface area contributed by atoms with Gasteiger partial charge in [-0.3, -0.25) is 0 Å². The lowest BCUT2D eigenvalue weighted by Crippen LogP contribution is -2.35. The predicted molar refractivity (Wildman–Crippen MR) is 61.4 cm³/mol. The van der Waals surface area contributed by atoms with Crippen LogP contribution >= 0.6 is 11.6 Å². The number of ether oxygens (including phenoxy) is 1. The van der Waals surface area contributed by atoms with Crippen molar-refractivity contribution in [1.29, 1.82) is 0 Å². The van der Waals surface area contributed by atoms with Crippen LogP contribution in [0.15, 0.2) is 0 Å². The predicted octanol–water partition coefficient (Wildman–Crippen LogP) is 2.95. The standard InChI is InChI=1S/C11H19ClF3NO/c12-7-10(3-1-2-4-10)8-16-5-6-17-9-11(13,14)15/h16H,1-9H2. The summed E-state index contributed by atoms with van der Waals surface area (Å²) in [7, 11) is 0. The summed E-state index contributed by atoms with van der Waals surface area (Å²) in [5.74, 6) is 0.614. The lowest BCUT2D eigenvalue weighted by molar-refractivity contribution is -0.173. The summed E-state index contributed by atoms with van der Waals surface area (Å²) < 4.78 is 39.8. The fraction of sp³-hybridized carbons (Fsp3) is 1.00. The highest BCUT2D eigenvalue weighted by Crippen LogP contribution is 2.38. The Morgan fingerprint density at radius 3 is 2.41 bits per heavy atom. The van der Waals surface area contributed by atoms with Gasteiger partial charge in [0, 0.05) is 19.0 Å². The summed E-state index contributed by atoms with van der Waals surface area (Å²) in [5.41, 5.74) is 0.144. The first kappa shape index (κ1) is 15.1. The van der Waals surface area contributed by atoms with Gasteiger partial charge < -0.3 is 10.1 Å². The molecule has 0 bridgehead atoms. The Hall–Kier alpha value is 0. The van der Waals surface area contributed by atoms with Crippen molar-refractivity contribution in [3.63, 3.8) is 0 Å². The number of hydrogen-bond acceptors (Lipinski definition) is 2. The van der Waals surface area contributed by atoms with Crippen LogP contribution in [0.5, 0.6) is 0 Å². The maximum absolute atomic E-state index is 11.8. The molecule has 0 aromatic carbocycles. The van der Waals surface area contributed by atoms with Crippen molar-refractivity contribution >= 4 is 11.6 Å². The van der Waals surface area contributed by atoms with Crippen molar-refractivity contribution in [2.24, 2.45) is 5.41 Å². The number of rotatable bonds is 7. The summed E-state index contributed by atoms with van der Waals surface area (Å²) in [4.78, 5) is 0. The fourth-order valence-electron chi connectivity index (χ4n) is 2.17. The first-order chi connectivity index (χ1) is 7.97. The molecule has 17 heavy (non-hydrogen) atoms. The molecule has 1 rings (SSSR count). The molecular formula is C11H19ClF3NO. The Balaban J connectivity index is 2.04. The van der Waals surface area contributed by atoms with Gasteiger partial charge in [0.2, 0.25) is 0 Å². The molecule has 1 fully saturated rings. The second-order valence-electron chi connectivity index (χ2n) is 4.69. The van der Waals surface area contributed by atoms with E-state index in [1.54, 1.807) is 0 Å². The lowest BCUT2D eigenvalue weighted by Gasteiger charge is -2.26. The van der Waals surface area contributed by atoms with Gasteiger partial charge in [0.1, 0.15) is 6.61 Å². The van der Waals surface area contributed by atoms with E-state index in [9.17, 15) is 13.2 Å². The van der Waals surface area contributed by atoms with E-state index in [0.29, 0.717) is 12.4 Å². The first-order valence-electron chi connectivity index (χ1n) is 5.89. The zero-order valence-electron chi connectivity index (χ0n) is 9.78. The van der Waals surface area contributed by atoms with Crippen molar-refractivity contribution in [2.45, 2.75) is 31.9 Å². The first-order valence-corrected chi connectivity index (χ1v) is 6.42. The Kier molecular flexibility index (Phi) is 6.03. The van der Waals surface area contributed by atoms with Crippen molar-refractivity contribution in [1.82, 2.24) is 5.32 Å². The lowest BCUT2D eigenvalue weighted by atomic mass is 9.88. The normalized spacial score (nSPS) is 19.8. The molecule has 0 atom stereocenters. The van der Waals surface area contributed by atoms with Gasteiger partial charge >= 0.3 is 6.18 Å². The van der Waals surface area contributed by atoms with Gasteiger partial charge in [0.05, 0.1) is 6.61 Å². The highest BCUT2D eigenvalue weighted by molar-refractivity contribution is 6.18. The van der Waals surface area contributed by atoms with E-state index in [-0.39, 0.29) is 12.0 Å². The van der Waals surface area contributed by atoms with E-state index in [2.05, 4.69) is 10.1 Å². The summed E-state index contributed by atoms with van der Waals surface area (Å²) >= 11 is 5.94. The molecule has 0 saturated heterocycles. The van der Waals surface area contributed by atoms with Crippen molar-refractivity contribution in [3.05, 3.63) is 0 Å². The summed E-state index contributed by atoms with van der Waals surface area (Å²) in [6, 6.07) is 0. The zero-order valence-corrected chi connectivity index (χ0v) is 10.5. The Labute approximate surface area is 105 Å². The summed E-state index contributed by atoms with van der Waals surface area (Å²) in [5, 5.41) is 3.13. The number of nitrogens with one attached hydrogen (secondary N) is 1. The van der Waals surface area contributed by atoms with Crippen molar-refractivity contribution in [3.8, 4) is 0 Å². The topological polar surface area (TPSA) is 21.3 Å². The molecule has 0 spiro atoms. The molecule has 1 N–H and O–H groups in total. The molecule has 0 heterocycles. The quantitative estimate of drug-likeness (QED) is 0.569. The maximum atomic E-state index is 11.8. The van der Waals surface area contributed by atoms with E-state index in [1.807, 2.05) is 0 Å². The monoisotopic (exact) mass is 273 g/mol. The van der Waals surface area contributed by atoms with Crippen LogP contribution in [0.1, 0.15) is 25.7 Å². The van der Waals surface area contributed by atoms with Crippen LogP contribution in [0.2, 0.25) is 0 Å². The molecule has 2 nitrogen and oxygen atoms in total. The molecule has 6 heteroatoms. The van der Waals surface area contributed by atoms with Crippen LogP contribution < -0.4 is 5.32 Å². The minimum Gasteiger partial charge on any atom is -0.371 e. The zero-order chi connectivity index (χ0) is 12.8. The average molecular weight is 274 g/mol. The molecule has 1 saturated carbocycles. The van der Waals surface area contributed by atoms with Gasteiger partial charge in [-0.15, -0.1) is 11.6 Å². The van der Waals surface area contributed by atoms with E-state index in [4.69, 9.17) is 11.6 Å². The maximum Gasteiger partial charge on any atom is 0.411 e. The Morgan fingerprint density at radius 2 is 1.88 bits per heavy atom. The number of halogens is 4. The van der Waals surface area contributed by atoms with E-state index < -0.39 is 12.8 Å². The van der Waals surface area contributed by atoms with Gasteiger partial charge in [-0.25, -0.2) is 0 Å². The van der Waals surface area contributed by atoms with Crippen LogP contribution in [0.3, 0.4) is 0 Å². The molecule has 0 aromatic heterocycles. The SMILES string of the molecule is FC(F)(F)COCCNCC1(CCl)CCCC1. The summed E-state index contributed by atoms with van der Waals surface area (Å²) in [6.07, 6.45) is 0.362. The van der Waals surface area contributed by atoms with Crippen LogP contribution in [0.4, 0.5) is 13.2 Å². The minimum absolute atomic E-state index is 0.0812. The third kappa shape index (κ3) is 5.93. The van der Waals surface area contributed by atoms with Crippen LogP contribution in [-0.4, -0.2) is 38.4 Å². The van der Waals surface area contributed by atoms with E-state index >= 15 is 0 Å². The van der Waals surface area contributed by atoms with E-state index in [1.165, 1.54) is 12.8 Å². The Bertz CT molecular complexity index is 217. The molecule has 1 aliphatic carbocycles. The third-order valence-electron chi connectivity index (χ3n) is 3.14. The molecule has 0 amide bonds. The van der Waals surface area contributed by atoms with E-state index in [0.717, 1.165) is 19.4 Å².